The number of halogens is 2. The summed E-state index contributed by atoms with van der Waals surface area (Å²) in [6.45, 7) is 19.1. The number of nitriles is 2. The number of fused-ring (bicyclic) bond motifs is 1. The van der Waals surface area contributed by atoms with Crippen LogP contribution in [-0.2, 0) is 6.54 Å². The molecular formula is C29H37Br2N3. The summed E-state index contributed by atoms with van der Waals surface area (Å²) in [6, 6.07) is 12.4. The van der Waals surface area contributed by atoms with Crippen LogP contribution in [0.25, 0.3) is 15.4 Å². The zero-order valence-electron chi connectivity index (χ0n) is 22.0. The molecule has 3 nitrogen and oxygen atoms in total. The van der Waals surface area contributed by atoms with Crippen molar-refractivity contribution in [3.05, 3.63) is 74.4 Å². The molecule has 0 radical (unpaired) electrons. The van der Waals surface area contributed by atoms with Crippen LogP contribution in [0.15, 0.2) is 41.0 Å². The molecule has 0 saturated heterocycles. The third-order valence-corrected chi connectivity index (χ3v) is 6.48. The Morgan fingerprint density at radius 3 is 1.94 bits per heavy atom. The number of allylic oxidation sites excluding steroid dienone is 1. The van der Waals surface area contributed by atoms with E-state index in [0.717, 1.165) is 55.1 Å². The molecule has 1 aromatic heterocycles. The van der Waals surface area contributed by atoms with Gasteiger partial charge in [0.15, 0.2) is 0 Å². The lowest BCUT2D eigenvalue weighted by Gasteiger charge is -2.07. The van der Waals surface area contributed by atoms with E-state index in [-0.39, 0.29) is 0 Å². The van der Waals surface area contributed by atoms with Crippen LogP contribution in [0.3, 0.4) is 0 Å². The molecule has 0 aliphatic heterocycles. The highest BCUT2D eigenvalue weighted by Crippen LogP contribution is 2.29. The molecule has 3 aromatic rings. The number of aromatic nitrogens is 1. The summed E-state index contributed by atoms with van der Waals surface area (Å²) in [5, 5.41) is 19.0. The molecular weight excluding hydrogens is 550 g/mol. The summed E-state index contributed by atoms with van der Waals surface area (Å²) < 4.78 is 4.33. The predicted molar refractivity (Wildman–Crippen MR) is 155 cm³/mol. The van der Waals surface area contributed by atoms with Crippen LogP contribution in [0, 0.1) is 43.4 Å². The quantitative estimate of drug-likeness (QED) is 0.306. The lowest BCUT2D eigenvalue weighted by Crippen LogP contribution is -1.94. The molecule has 0 N–H and O–H groups in total. The molecule has 0 spiro atoms. The molecule has 0 aliphatic rings. The van der Waals surface area contributed by atoms with Gasteiger partial charge in [0.25, 0.3) is 0 Å². The Morgan fingerprint density at radius 2 is 1.44 bits per heavy atom. The molecule has 0 fully saturated rings. The summed E-state index contributed by atoms with van der Waals surface area (Å²) in [6.07, 6.45) is 5.18. The van der Waals surface area contributed by atoms with Crippen molar-refractivity contribution in [3.63, 3.8) is 0 Å². The minimum absolute atomic E-state index is 0.740. The van der Waals surface area contributed by atoms with Crippen molar-refractivity contribution in [2.75, 3.05) is 0 Å². The van der Waals surface area contributed by atoms with E-state index in [4.69, 9.17) is 10.5 Å². The van der Waals surface area contributed by atoms with Crippen LogP contribution in [0.5, 0.6) is 0 Å². The summed E-state index contributed by atoms with van der Waals surface area (Å²) in [5.74, 6) is 0. The van der Waals surface area contributed by atoms with Crippen molar-refractivity contribution in [2.24, 2.45) is 0 Å². The summed E-state index contributed by atoms with van der Waals surface area (Å²) in [5.41, 5.74) is 7.04. The Kier molecular flexibility index (Phi) is 15.2. The van der Waals surface area contributed by atoms with Gasteiger partial charge in [-0.2, -0.15) is 10.5 Å². The summed E-state index contributed by atoms with van der Waals surface area (Å²) >= 11 is 7.02. The van der Waals surface area contributed by atoms with E-state index in [2.05, 4.69) is 67.8 Å². The maximum Gasteiger partial charge on any atom is 0.0994 e. The van der Waals surface area contributed by atoms with Crippen LogP contribution < -0.4 is 0 Å². The first-order chi connectivity index (χ1) is 16.3. The van der Waals surface area contributed by atoms with Gasteiger partial charge >= 0.3 is 0 Å². The van der Waals surface area contributed by atoms with Gasteiger partial charge in [-0.3, -0.25) is 0 Å². The first-order valence-corrected chi connectivity index (χ1v) is 13.4. The van der Waals surface area contributed by atoms with E-state index < -0.39 is 0 Å². The third-order valence-electron chi connectivity index (χ3n) is 4.97. The molecule has 0 atom stereocenters. The predicted octanol–water partition coefficient (Wildman–Crippen LogP) is 9.98. The highest BCUT2D eigenvalue weighted by atomic mass is 79.9. The van der Waals surface area contributed by atoms with Crippen molar-refractivity contribution < 1.29 is 0 Å². The lowest BCUT2D eigenvalue weighted by molar-refractivity contribution is 0.702. The molecule has 5 heteroatoms. The van der Waals surface area contributed by atoms with Crippen LogP contribution in [0.4, 0.5) is 0 Å². The normalized spacial score (nSPS) is 9.97. The summed E-state index contributed by atoms with van der Waals surface area (Å²) in [7, 11) is 0. The molecule has 2 aromatic carbocycles. The topological polar surface area (TPSA) is 52.5 Å². The van der Waals surface area contributed by atoms with Gasteiger partial charge in [0.1, 0.15) is 0 Å². The fourth-order valence-corrected chi connectivity index (χ4v) is 4.32. The molecule has 0 unspecified atom stereocenters. The summed E-state index contributed by atoms with van der Waals surface area (Å²) in [4.78, 5) is 0. The van der Waals surface area contributed by atoms with Crippen LogP contribution in [-0.4, -0.2) is 4.57 Å². The Labute approximate surface area is 223 Å². The van der Waals surface area contributed by atoms with Crippen molar-refractivity contribution in [2.45, 2.75) is 75.3 Å². The Morgan fingerprint density at radius 1 is 0.912 bits per heavy atom. The number of aryl methyl sites for hydroxylation is 4. The van der Waals surface area contributed by atoms with Crippen molar-refractivity contribution in [1.29, 1.82) is 10.5 Å². The maximum absolute atomic E-state index is 9.01. The minimum Gasteiger partial charge on any atom is -0.346 e. The van der Waals surface area contributed by atoms with E-state index in [9.17, 15) is 0 Å². The molecule has 1 heterocycles. The fourth-order valence-electron chi connectivity index (χ4n) is 3.33. The number of hydrogen-bond acceptors (Lipinski definition) is 2. The van der Waals surface area contributed by atoms with Crippen LogP contribution >= 0.6 is 31.9 Å². The van der Waals surface area contributed by atoms with Gasteiger partial charge in [-0.25, -0.2) is 0 Å². The maximum atomic E-state index is 9.01. The van der Waals surface area contributed by atoms with E-state index in [0.29, 0.717) is 0 Å². The van der Waals surface area contributed by atoms with Gasteiger partial charge in [-0.1, -0.05) is 62.7 Å². The monoisotopic (exact) mass is 585 g/mol. The van der Waals surface area contributed by atoms with Gasteiger partial charge in [-0.15, -0.1) is 0 Å². The molecule has 182 valence electrons. The molecule has 0 saturated carbocycles. The van der Waals surface area contributed by atoms with E-state index in [1.165, 1.54) is 11.1 Å². The molecule has 0 amide bonds. The number of benzene rings is 2. The number of rotatable bonds is 3. The molecule has 0 aliphatic carbocycles. The molecule has 3 rings (SSSR count). The van der Waals surface area contributed by atoms with Crippen molar-refractivity contribution in [3.8, 4) is 12.1 Å². The highest BCUT2D eigenvalue weighted by Gasteiger charge is 2.09. The van der Waals surface area contributed by atoms with Gasteiger partial charge < -0.3 is 4.57 Å². The first-order valence-electron chi connectivity index (χ1n) is 11.8. The SMILES string of the molecule is C/C=C(\Br)c1cc(C#N)c(C)cc1C.CC.CC.CCCn1cc(Br)c2cc(C#N)c(C)cc21. The number of hydrogen-bond donors (Lipinski definition) is 0. The van der Waals surface area contributed by atoms with Crippen LogP contribution in [0.1, 0.15) is 81.3 Å². The molecule has 34 heavy (non-hydrogen) atoms. The first kappa shape index (κ1) is 31.7. The van der Waals surface area contributed by atoms with Crippen molar-refractivity contribution >= 4 is 47.2 Å². The second-order valence-electron chi connectivity index (χ2n) is 7.20. The number of nitrogens with zero attached hydrogens (tertiary/aromatic N) is 3. The van der Waals surface area contributed by atoms with E-state index in [1.54, 1.807) is 0 Å². The van der Waals surface area contributed by atoms with Gasteiger partial charge in [0.05, 0.1) is 23.3 Å². The molecule has 0 bridgehead atoms. The standard InChI is InChI=1S/C13H13BrN2.C12H12BrN.2C2H6/c1-3-4-16-8-12(14)11-6-10(7-15)9(2)5-13(11)16;1-4-12(13)11-6-10(7-14)8(2)5-9(11)3;2*1-2/h5-6,8H,3-4H2,1-2H3;4-6H,1-3H3;2*1-2H3/b;12-4-;;. The lowest BCUT2D eigenvalue weighted by atomic mass is 10.0. The Bertz CT molecular complexity index is 1190. The van der Waals surface area contributed by atoms with E-state index in [1.807, 2.05) is 79.7 Å². The van der Waals surface area contributed by atoms with Gasteiger partial charge in [-0.05, 0) is 90.5 Å². The Hall–Kier alpha value is -2.34. The third kappa shape index (κ3) is 8.15. The largest absolute Gasteiger partial charge is 0.346 e. The minimum atomic E-state index is 0.740. The average molecular weight is 587 g/mol. The second-order valence-corrected chi connectivity index (χ2v) is 8.91. The van der Waals surface area contributed by atoms with Crippen molar-refractivity contribution in [1.82, 2.24) is 4.57 Å². The van der Waals surface area contributed by atoms with Gasteiger partial charge in [0.2, 0.25) is 0 Å². The zero-order chi connectivity index (χ0) is 26.4. The van der Waals surface area contributed by atoms with Gasteiger partial charge in [0, 0.05) is 32.6 Å². The second kappa shape index (κ2) is 16.3. The average Bonchev–Trinajstić information content (AvgIpc) is 3.15. The highest BCUT2D eigenvalue weighted by molar-refractivity contribution is 9.15. The Balaban J connectivity index is 0.000000563. The fraction of sp³-hybridized carbons (Fsp3) is 0.379. The van der Waals surface area contributed by atoms with Crippen LogP contribution in [0.2, 0.25) is 0 Å². The smallest absolute Gasteiger partial charge is 0.0994 e. The zero-order valence-corrected chi connectivity index (χ0v) is 25.1. The van der Waals surface area contributed by atoms with E-state index >= 15 is 0 Å².